The molecular formula is C11H20O3. The zero-order valence-corrected chi connectivity index (χ0v) is 9.12. The highest BCUT2D eigenvalue weighted by molar-refractivity contribution is 5.81. The second-order valence-electron chi connectivity index (χ2n) is 3.18. The summed E-state index contributed by atoms with van der Waals surface area (Å²) in [6, 6.07) is 0. The van der Waals surface area contributed by atoms with Gasteiger partial charge in [-0.1, -0.05) is 26.8 Å². The molecule has 0 radical (unpaired) electrons. The molecule has 1 fully saturated rings. The smallest absolute Gasteiger partial charge is 0.330 e. The summed E-state index contributed by atoms with van der Waals surface area (Å²) in [7, 11) is 0. The van der Waals surface area contributed by atoms with Crippen molar-refractivity contribution >= 4 is 5.97 Å². The minimum absolute atomic E-state index is 0.110. The van der Waals surface area contributed by atoms with E-state index in [0.29, 0.717) is 6.61 Å². The number of esters is 1. The highest BCUT2D eigenvalue weighted by Crippen LogP contribution is 2.11. The van der Waals surface area contributed by atoms with Crippen LogP contribution in [0.25, 0.3) is 0 Å². The lowest BCUT2D eigenvalue weighted by molar-refractivity contribution is -0.140. The molecule has 1 unspecified atom stereocenters. The molecule has 1 aliphatic rings. The minimum atomic E-state index is -0.375. The number of hydrogen-bond donors (Lipinski definition) is 0. The third-order valence-electron chi connectivity index (χ3n) is 1.60. The van der Waals surface area contributed by atoms with Gasteiger partial charge >= 0.3 is 5.97 Å². The van der Waals surface area contributed by atoms with E-state index in [1.165, 1.54) is 6.42 Å². The second kappa shape index (κ2) is 8.75. The number of hydrogen-bond acceptors (Lipinski definition) is 3. The van der Waals surface area contributed by atoms with Gasteiger partial charge in [-0.2, -0.15) is 0 Å². The van der Waals surface area contributed by atoms with Crippen molar-refractivity contribution in [3.05, 3.63) is 12.7 Å². The van der Waals surface area contributed by atoms with Crippen molar-refractivity contribution in [2.24, 2.45) is 0 Å². The van der Waals surface area contributed by atoms with Crippen LogP contribution in [-0.2, 0) is 14.3 Å². The Balaban J connectivity index is 0.000000500. The van der Waals surface area contributed by atoms with Crippen LogP contribution in [0.5, 0.6) is 0 Å². The minimum Gasteiger partial charge on any atom is -0.460 e. The average molecular weight is 200 g/mol. The predicted molar refractivity (Wildman–Crippen MR) is 56.1 cm³/mol. The number of ether oxygens (including phenoxy) is 2. The van der Waals surface area contributed by atoms with Gasteiger partial charge in [0.15, 0.2) is 0 Å². The molecule has 1 saturated heterocycles. The van der Waals surface area contributed by atoms with Crippen LogP contribution < -0.4 is 0 Å². The van der Waals surface area contributed by atoms with Gasteiger partial charge < -0.3 is 9.47 Å². The molecule has 0 bridgehead atoms. The summed E-state index contributed by atoms with van der Waals surface area (Å²) >= 11 is 0. The summed E-state index contributed by atoms with van der Waals surface area (Å²) in [6.45, 7) is 8.69. The molecule has 1 aliphatic heterocycles. The Morgan fingerprint density at radius 1 is 1.64 bits per heavy atom. The topological polar surface area (TPSA) is 35.5 Å². The molecular weight excluding hydrogens is 180 g/mol. The van der Waals surface area contributed by atoms with Gasteiger partial charge in [0.05, 0.1) is 6.10 Å². The monoisotopic (exact) mass is 200 g/mol. The summed E-state index contributed by atoms with van der Waals surface area (Å²) < 4.78 is 10.0. The van der Waals surface area contributed by atoms with Crippen molar-refractivity contribution in [3.63, 3.8) is 0 Å². The molecule has 0 N–H and O–H groups in total. The Kier molecular flexibility index (Phi) is 8.24. The van der Waals surface area contributed by atoms with Crippen LogP contribution in [0.4, 0.5) is 0 Å². The Bertz CT molecular complexity index is 160. The standard InChI is InChI=1S/C8H12O3.C3H8/c1-2-8(9)11-6-7-4-3-5-10-7;1-3-2/h2,7H,1,3-6H2;3H2,1-2H3. The third-order valence-corrected chi connectivity index (χ3v) is 1.60. The molecule has 1 heterocycles. The summed E-state index contributed by atoms with van der Waals surface area (Å²) in [5.41, 5.74) is 0. The van der Waals surface area contributed by atoms with Crippen LogP contribution >= 0.6 is 0 Å². The van der Waals surface area contributed by atoms with E-state index >= 15 is 0 Å². The Morgan fingerprint density at radius 3 is 2.71 bits per heavy atom. The van der Waals surface area contributed by atoms with E-state index in [1.54, 1.807) is 0 Å². The van der Waals surface area contributed by atoms with Crippen molar-refractivity contribution in [1.82, 2.24) is 0 Å². The van der Waals surface area contributed by atoms with E-state index in [2.05, 4.69) is 20.4 Å². The van der Waals surface area contributed by atoms with E-state index in [4.69, 9.17) is 9.47 Å². The fraction of sp³-hybridized carbons (Fsp3) is 0.727. The molecule has 0 aromatic rings. The summed E-state index contributed by atoms with van der Waals surface area (Å²) in [5, 5.41) is 0. The first-order valence-electron chi connectivity index (χ1n) is 5.15. The van der Waals surface area contributed by atoms with Crippen LogP contribution in [-0.4, -0.2) is 25.3 Å². The molecule has 82 valence electrons. The van der Waals surface area contributed by atoms with Gasteiger partial charge in [0.1, 0.15) is 6.61 Å². The molecule has 3 nitrogen and oxygen atoms in total. The molecule has 0 spiro atoms. The third kappa shape index (κ3) is 6.66. The molecule has 0 saturated carbocycles. The molecule has 14 heavy (non-hydrogen) atoms. The molecule has 0 aromatic heterocycles. The zero-order chi connectivity index (χ0) is 10.8. The van der Waals surface area contributed by atoms with Gasteiger partial charge in [0.2, 0.25) is 0 Å². The molecule has 3 heteroatoms. The first-order valence-corrected chi connectivity index (χ1v) is 5.15. The summed E-state index contributed by atoms with van der Waals surface area (Å²) in [6.07, 6.45) is 4.58. The van der Waals surface area contributed by atoms with Gasteiger partial charge in [0, 0.05) is 12.7 Å². The van der Waals surface area contributed by atoms with E-state index in [1.807, 2.05) is 0 Å². The normalized spacial score (nSPS) is 19.4. The lowest BCUT2D eigenvalue weighted by Crippen LogP contribution is -2.16. The van der Waals surface area contributed by atoms with Gasteiger partial charge in [-0.25, -0.2) is 4.79 Å². The summed E-state index contributed by atoms with van der Waals surface area (Å²) in [5.74, 6) is -0.375. The highest BCUT2D eigenvalue weighted by Gasteiger charge is 2.16. The predicted octanol–water partition coefficient (Wildman–Crippen LogP) is 2.31. The maximum Gasteiger partial charge on any atom is 0.330 e. The quantitative estimate of drug-likeness (QED) is 0.518. The Morgan fingerprint density at radius 2 is 2.29 bits per heavy atom. The van der Waals surface area contributed by atoms with Crippen molar-refractivity contribution in [1.29, 1.82) is 0 Å². The number of carbonyl (C=O) groups excluding carboxylic acids is 1. The van der Waals surface area contributed by atoms with Gasteiger partial charge in [-0.05, 0) is 12.8 Å². The maximum absolute atomic E-state index is 10.6. The fourth-order valence-corrected chi connectivity index (χ4v) is 1.01. The lowest BCUT2D eigenvalue weighted by atomic mass is 10.2. The Labute approximate surface area is 86.1 Å². The zero-order valence-electron chi connectivity index (χ0n) is 9.12. The van der Waals surface area contributed by atoms with Crippen LogP contribution in [0.3, 0.4) is 0 Å². The molecule has 0 aromatic carbocycles. The largest absolute Gasteiger partial charge is 0.460 e. The van der Waals surface area contributed by atoms with Crippen LogP contribution in [0.1, 0.15) is 33.1 Å². The SMILES string of the molecule is C=CC(=O)OCC1CCCO1.CCC. The van der Waals surface area contributed by atoms with Crippen molar-refractivity contribution < 1.29 is 14.3 Å². The molecule has 0 aliphatic carbocycles. The highest BCUT2D eigenvalue weighted by atomic mass is 16.6. The van der Waals surface area contributed by atoms with Crippen LogP contribution in [0.2, 0.25) is 0 Å². The maximum atomic E-state index is 10.6. The molecule has 0 amide bonds. The lowest BCUT2D eigenvalue weighted by Gasteiger charge is -2.07. The molecule has 1 atom stereocenters. The number of rotatable bonds is 3. The van der Waals surface area contributed by atoms with E-state index in [-0.39, 0.29) is 12.1 Å². The van der Waals surface area contributed by atoms with Crippen molar-refractivity contribution in [2.75, 3.05) is 13.2 Å². The number of carbonyl (C=O) groups is 1. The second-order valence-corrected chi connectivity index (χ2v) is 3.18. The fourth-order valence-electron chi connectivity index (χ4n) is 1.01. The first kappa shape index (κ1) is 13.2. The molecule has 1 rings (SSSR count). The van der Waals surface area contributed by atoms with E-state index < -0.39 is 0 Å². The van der Waals surface area contributed by atoms with E-state index in [9.17, 15) is 4.79 Å². The van der Waals surface area contributed by atoms with Crippen LogP contribution in [0, 0.1) is 0 Å². The van der Waals surface area contributed by atoms with Gasteiger partial charge in [-0.15, -0.1) is 0 Å². The van der Waals surface area contributed by atoms with E-state index in [0.717, 1.165) is 25.5 Å². The average Bonchev–Trinajstić information content (AvgIpc) is 2.68. The van der Waals surface area contributed by atoms with Crippen molar-refractivity contribution in [3.8, 4) is 0 Å². The van der Waals surface area contributed by atoms with Gasteiger partial charge in [0.25, 0.3) is 0 Å². The summed E-state index contributed by atoms with van der Waals surface area (Å²) in [4.78, 5) is 10.6. The van der Waals surface area contributed by atoms with Crippen molar-refractivity contribution in [2.45, 2.75) is 39.2 Å². The Hall–Kier alpha value is -0.830. The van der Waals surface area contributed by atoms with Crippen LogP contribution in [0.15, 0.2) is 12.7 Å². The first-order chi connectivity index (χ1) is 6.74. The van der Waals surface area contributed by atoms with Gasteiger partial charge in [-0.3, -0.25) is 0 Å².